The number of esters is 2. The van der Waals surface area contributed by atoms with E-state index in [1.807, 2.05) is 13.8 Å². The molecule has 3 atom stereocenters. The van der Waals surface area contributed by atoms with E-state index in [1.165, 1.54) is 13.8 Å². The largest absolute Gasteiger partial charge is 0.462 e. The summed E-state index contributed by atoms with van der Waals surface area (Å²) in [5.74, 6) is -0.762. The Balaban J connectivity index is 2.88. The first-order chi connectivity index (χ1) is 8.77. The zero-order chi connectivity index (χ0) is 14.6. The molecule has 0 bridgehead atoms. The van der Waals surface area contributed by atoms with Crippen molar-refractivity contribution in [3.8, 4) is 0 Å². The number of carbonyl (C=O) groups is 2. The standard InChI is InChI=1S/C14H22O5/c1-6-7-11-14(4,5)12(17-9(2)15)8-13(19-11)18-10(3)16/h6,11-13H,1,7-8H2,2-5H3/t11-,12-,13?/m1/s1. The van der Waals surface area contributed by atoms with E-state index in [0.29, 0.717) is 12.8 Å². The number of hydrogen-bond acceptors (Lipinski definition) is 5. The van der Waals surface area contributed by atoms with Crippen LogP contribution in [0.3, 0.4) is 0 Å². The molecule has 1 unspecified atom stereocenters. The molecule has 5 heteroatoms. The van der Waals surface area contributed by atoms with Crippen LogP contribution in [0, 0.1) is 5.41 Å². The van der Waals surface area contributed by atoms with Crippen molar-refractivity contribution in [2.45, 2.75) is 59.0 Å². The summed E-state index contributed by atoms with van der Waals surface area (Å²) in [6.45, 7) is 10.3. The lowest BCUT2D eigenvalue weighted by molar-refractivity contribution is -0.253. The van der Waals surface area contributed by atoms with Gasteiger partial charge >= 0.3 is 11.9 Å². The van der Waals surface area contributed by atoms with Crippen molar-refractivity contribution in [2.75, 3.05) is 0 Å². The Kier molecular flexibility index (Phi) is 5.11. The Labute approximate surface area is 113 Å². The molecule has 0 aromatic carbocycles. The molecule has 0 N–H and O–H groups in total. The zero-order valence-corrected chi connectivity index (χ0v) is 12.0. The predicted molar refractivity (Wildman–Crippen MR) is 69.2 cm³/mol. The van der Waals surface area contributed by atoms with Gasteiger partial charge in [0.1, 0.15) is 6.10 Å². The molecule has 1 rings (SSSR count). The van der Waals surface area contributed by atoms with Gasteiger partial charge in [0, 0.05) is 25.7 Å². The molecule has 0 aromatic heterocycles. The molecule has 0 radical (unpaired) electrons. The quantitative estimate of drug-likeness (QED) is 0.579. The maximum atomic E-state index is 11.2. The molecule has 1 aliphatic rings. The van der Waals surface area contributed by atoms with E-state index in [9.17, 15) is 9.59 Å². The fraction of sp³-hybridized carbons (Fsp3) is 0.714. The van der Waals surface area contributed by atoms with E-state index in [0.717, 1.165) is 0 Å². The van der Waals surface area contributed by atoms with Gasteiger partial charge in [-0.1, -0.05) is 19.9 Å². The van der Waals surface area contributed by atoms with Gasteiger partial charge < -0.3 is 14.2 Å². The average molecular weight is 270 g/mol. The molecular weight excluding hydrogens is 248 g/mol. The molecular formula is C14H22O5. The summed E-state index contributed by atoms with van der Waals surface area (Å²) in [4.78, 5) is 22.2. The van der Waals surface area contributed by atoms with E-state index in [4.69, 9.17) is 14.2 Å². The molecule has 5 nitrogen and oxygen atoms in total. The normalized spacial score (nSPS) is 29.4. The molecule has 0 spiro atoms. The van der Waals surface area contributed by atoms with Crippen molar-refractivity contribution in [3.05, 3.63) is 12.7 Å². The molecule has 1 saturated heterocycles. The lowest BCUT2D eigenvalue weighted by Crippen LogP contribution is -2.52. The van der Waals surface area contributed by atoms with Crippen LogP contribution >= 0.6 is 0 Å². The fourth-order valence-electron chi connectivity index (χ4n) is 2.27. The molecule has 1 heterocycles. The van der Waals surface area contributed by atoms with E-state index >= 15 is 0 Å². The second-order valence-corrected chi connectivity index (χ2v) is 5.34. The van der Waals surface area contributed by atoms with Crippen molar-refractivity contribution in [1.29, 1.82) is 0 Å². The minimum Gasteiger partial charge on any atom is -0.462 e. The fourth-order valence-corrected chi connectivity index (χ4v) is 2.27. The van der Waals surface area contributed by atoms with Crippen molar-refractivity contribution in [3.63, 3.8) is 0 Å². The highest BCUT2D eigenvalue weighted by Crippen LogP contribution is 2.40. The van der Waals surface area contributed by atoms with E-state index in [2.05, 4.69) is 6.58 Å². The lowest BCUT2D eigenvalue weighted by Gasteiger charge is -2.46. The van der Waals surface area contributed by atoms with Crippen LogP contribution < -0.4 is 0 Å². The maximum absolute atomic E-state index is 11.2. The molecule has 108 valence electrons. The Hall–Kier alpha value is -1.36. The summed E-state index contributed by atoms with van der Waals surface area (Å²) < 4.78 is 16.2. The van der Waals surface area contributed by atoms with Crippen molar-refractivity contribution < 1.29 is 23.8 Å². The van der Waals surface area contributed by atoms with Crippen LogP contribution in [0.15, 0.2) is 12.7 Å². The van der Waals surface area contributed by atoms with Gasteiger partial charge in [0.2, 0.25) is 6.29 Å². The Morgan fingerprint density at radius 3 is 2.37 bits per heavy atom. The van der Waals surface area contributed by atoms with Gasteiger partial charge in [0.15, 0.2) is 0 Å². The summed E-state index contributed by atoms with van der Waals surface area (Å²) in [5.41, 5.74) is -0.365. The number of rotatable bonds is 4. The highest BCUT2D eigenvalue weighted by Gasteiger charge is 2.47. The van der Waals surface area contributed by atoms with Gasteiger partial charge in [-0.25, -0.2) is 0 Å². The number of hydrogen-bond donors (Lipinski definition) is 0. The van der Waals surface area contributed by atoms with Crippen molar-refractivity contribution in [2.24, 2.45) is 5.41 Å². The Bertz CT molecular complexity index is 361. The number of ether oxygens (including phenoxy) is 3. The second kappa shape index (κ2) is 6.19. The summed E-state index contributed by atoms with van der Waals surface area (Å²) in [5, 5.41) is 0. The maximum Gasteiger partial charge on any atom is 0.304 e. The van der Waals surface area contributed by atoms with Crippen LogP contribution in [0.2, 0.25) is 0 Å². The van der Waals surface area contributed by atoms with Crippen LogP contribution in [0.1, 0.15) is 40.5 Å². The minimum absolute atomic E-state index is 0.215. The average Bonchev–Trinajstić information content (AvgIpc) is 2.24. The van der Waals surface area contributed by atoms with Crippen LogP contribution in [-0.2, 0) is 23.8 Å². The third kappa shape index (κ3) is 4.06. The number of carbonyl (C=O) groups excluding carboxylic acids is 2. The van der Waals surface area contributed by atoms with Gasteiger partial charge in [0.05, 0.1) is 6.10 Å². The Morgan fingerprint density at radius 1 is 1.32 bits per heavy atom. The summed E-state index contributed by atoms with van der Waals surface area (Å²) >= 11 is 0. The van der Waals surface area contributed by atoms with E-state index < -0.39 is 12.3 Å². The highest BCUT2D eigenvalue weighted by molar-refractivity contribution is 5.66. The third-order valence-electron chi connectivity index (χ3n) is 3.37. The summed E-state index contributed by atoms with van der Waals surface area (Å²) in [6, 6.07) is 0. The van der Waals surface area contributed by atoms with Crippen LogP contribution in [0.5, 0.6) is 0 Å². The van der Waals surface area contributed by atoms with E-state index in [1.54, 1.807) is 6.08 Å². The first-order valence-electron chi connectivity index (χ1n) is 6.38. The smallest absolute Gasteiger partial charge is 0.304 e. The first-order valence-corrected chi connectivity index (χ1v) is 6.38. The molecule has 0 saturated carbocycles. The monoisotopic (exact) mass is 270 g/mol. The van der Waals surface area contributed by atoms with Gasteiger partial charge in [-0.15, -0.1) is 6.58 Å². The van der Waals surface area contributed by atoms with Gasteiger partial charge in [-0.2, -0.15) is 0 Å². The van der Waals surface area contributed by atoms with Gasteiger partial charge in [-0.05, 0) is 6.42 Å². The van der Waals surface area contributed by atoms with Crippen molar-refractivity contribution >= 4 is 11.9 Å². The van der Waals surface area contributed by atoms with Gasteiger partial charge in [0.25, 0.3) is 0 Å². The predicted octanol–water partition coefficient (Wildman–Crippen LogP) is 2.20. The first kappa shape index (κ1) is 15.7. The highest BCUT2D eigenvalue weighted by atomic mass is 16.7. The van der Waals surface area contributed by atoms with Crippen LogP contribution in [-0.4, -0.2) is 30.4 Å². The minimum atomic E-state index is -0.681. The topological polar surface area (TPSA) is 61.8 Å². The molecule has 1 aliphatic heterocycles. The summed E-state index contributed by atoms with van der Waals surface area (Å²) in [7, 11) is 0. The Morgan fingerprint density at radius 2 is 1.89 bits per heavy atom. The molecule has 0 amide bonds. The molecule has 19 heavy (non-hydrogen) atoms. The lowest BCUT2D eigenvalue weighted by atomic mass is 9.76. The van der Waals surface area contributed by atoms with Crippen LogP contribution in [0.25, 0.3) is 0 Å². The van der Waals surface area contributed by atoms with Crippen molar-refractivity contribution in [1.82, 2.24) is 0 Å². The second-order valence-electron chi connectivity index (χ2n) is 5.34. The van der Waals surface area contributed by atoms with Gasteiger partial charge in [-0.3, -0.25) is 9.59 Å². The summed E-state index contributed by atoms with van der Waals surface area (Å²) in [6.07, 6.45) is 1.44. The SMILES string of the molecule is C=CC[C@H]1OC(OC(C)=O)C[C@@H](OC(C)=O)C1(C)C. The third-order valence-corrected chi connectivity index (χ3v) is 3.37. The molecule has 0 aliphatic carbocycles. The zero-order valence-electron chi connectivity index (χ0n) is 12.0. The van der Waals surface area contributed by atoms with E-state index in [-0.39, 0.29) is 23.6 Å². The molecule has 0 aromatic rings. The van der Waals surface area contributed by atoms with Crippen LogP contribution in [0.4, 0.5) is 0 Å². The molecule has 1 fully saturated rings.